The standard InChI is InChI=1S/C26H22ClF3N4O5S/c27-19-5-1-16(2-6-19)25(37,18-4-8-22(24(35)36)31-14-18)17-3-7-21-20(13-17)23(33-32-21)15-9-11-34(12-10-15)40(38,39)26(28,29)30/h1-8,13-15,37H,9-12H2,(H,32,33)(H,35,36). The van der Waals surface area contributed by atoms with Crippen molar-refractivity contribution in [3.8, 4) is 0 Å². The van der Waals surface area contributed by atoms with E-state index in [1.54, 1.807) is 42.5 Å². The highest BCUT2D eigenvalue weighted by Crippen LogP contribution is 2.40. The van der Waals surface area contributed by atoms with E-state index in [0.29, 0.717) is 37.1 Å². The Bertz CT molecular complexity index is 1670. The number of aliphatic hydroxyl groups is 1. The zero-order valence-electron chi connectivity index (χ0n) is 20.6. The quantitative estimate of drug-likeness (QED) is 0.296. The number of sulfonamides is 1. The van der Waals surface area contributed by atoms with Crippen LogP contribution >= 0.6 is 11.6 Å². The highest BCUT2D eigenvalue weighted by Gasteiger charge is 2.50. The van der Waals surface area contributed by atoms with Gasteiger partial charge < -0.3 is 10.2 Å². The zero-order valence-corrected chi connectivity index (χ0v) is 22.1. The molecule has 3 N–H and O–H groups in total. The maximum absolute atomic E-state index is 13.0. The van der Waals surface area contributed by atoms with Crippen molar-refractivity contribution >= 4 is 38.5 Å². The molecule has 1 saturated heterocycles. The number of nitrogens with zero attached hydrogens (tertiary/aromatic N) is 3. The predicted molar refractivity (Wildman–Crippen MR) is 139 cm³/mol. The van der Waals surface area contributed by atoms with E-state index in [4.69, 9.17) is 11.6 Å². The third-order valence-corrected chi connectivity index (χ3v) is 9.03. The Morgan fingerprint density at radius 1 is 1.00 bits per heavy atom. The summed E-state index contributed by atoms with van der Waals surface area (Å²) in [6, 6.07) is 14.3. The SMILES string of the molecule is O=C(O)c1ccc(C(O)(c2ccc(Cl)cc2)c2ccc3[nH]nc(C4CCN(S(=O)(=O)C(F)(F)F)CC4)c3c2)cn1. The van der Waals surface area contributed by atoms with Gasteiger partial charge in [-0.3, -0.25) is 5.10 Å². The topological polar surface area (TPSA) is 136 Å². The number of carbonyl (C=O) groups is 1. The number of halogens is 4. The van der Waals surface area contributed by atoms with Gasteiger partial charge in [-0.05, 0) is 54.3 Å². The molecular weight excluding hydrogens is 573 g/mol. The maximum Gasteiger partial charge on any atom is 0.511 e. The molecule has 0 amide bonds. The number of alkyl halides is 3. The lowest BCUT2D eigenvalue weighted by atomic mass is 9.80. The average molecular weight is 595 g/mol. The molecule has 210 valence electrons. The Morgan fingerprint density at radius 3 is 2.20 bits per heavy atom. The number of H-pyrrole nitrogens is 1. The fraction of sp³-hybridized carbons (Fsp3) is 0.269. The number of carboxylic acid groups (broad SMARTS) is 1. The molecule has 2 aromatic heterocycles. The lowest BCUT2D eigenvalue weighted by molar-refractivity contribution is -0.0494. The minimum atomic E-state index is -5.41. The van der Waals surface area contributed by atoms with Gasteiger partial charge in [-0.2, -0.15) is 22.6 Å². The first-order valence-corrected chi connectivity index (χ1v) is 13.9. The number of aromatic carboxylic acids is 1. The number of hydrogen-bond acceptors (Lipinski definition) is 6. The summed E-state index contributed by atoms with van der Waals surface area (Å²) in [6.07, 6.45) is 1.53. The molecule has 1 unspecified atom stereocenters. The Hall–Kier alpha value is -3.52. The summed E-state index contributed by atoms with van der Waals surface area (Å²) in [4.78, 5) is 15.3. The molecule has 3 heterocycles. The van der Waals surface area contributed by atoms with E-state index in [-0.39, 0.29) is 43.1 Å². The second-order valence-corrected chi connectivity index (χ2v) is 11.8. The van der Waals surface area contributed by atoms with Crippen LogP contribution in [-0.2, 0) is 15.6 Å². The Morgan fingerprint density at radius 2 is 1.62 bits per heavy atom. The van der Waals surface area contributed by atoms with E-state index in [0.717, 1.165) is 0 Å². The molecule has 9 nitrogen and oxygen atoms in total. The Labute approximate surface area is 231 Å². The Balaban J connectivity index is 1.54. The summed E-state index contributed by atoms with van der Waals surface area (Å²) in [5.74, 6) is -1.55. The minimum Gasteiger partial charge on any atom is -0.477 e. The summed E-state index contributed by atoms with van der Waals surface area (Å²) in [5, 5.41) is 29.8. The van der Waals surface area contributed by atoms with Crippen molar-refractivity contribution in [2.24, 2.45) is 0 Å². The number of nitrogens with one attached hydrogen (secondary N) is 1. The van der Waals surface area contributed by atoms with E-state index in [2.05, 4.69) is 15.2 Å². The van der Waals surface area contributed by atoms with Crippen LogP contribution in [0, 0.1) is 0 Å². The lowest BCUT2D eigenvalue weighted by Crippen LogP contribution is -2.44. The van der Waals surface area contributed by atoms with Crippen molar-refractivity contribution in [3.63, 3.8) is 0 Å². The number of rotatable bonds is 6. The van der Waals surface area contributed by atoms with Crippen LogP contribution in [0.3, 0.4) is 0 Å². The van der Waals surface area contributed by atoms with E-state index >= 15 is 0 Å². The van der Waals surface area contributed by atoms with Gasteiger partial charge in [0.25, 0.3) is 0 Å². The molecule has 40 heavy (non-hydrogen) atoms. The predicted octanol–water partition coefficient (Wildman–Crippen LogP) is 4.62. The van der Waals surface area contributed by atoms with Gasteiger partial charge in [-0.1, -0.05) is 35.9 Å². The number of carboxylic acids is 1. The van der Waals surface area contributed by atoms with Crippen LogP contribution in [-0.4, -0.2) is 62.7 Å². The molecule has 1 atom stereocenters. The molecule has 14 heteroatoms. The summed E-state index contributed by atoms with van der Waals surface area (Å²) in [7, 11) is -5.41. The summed E-state index contributed by atoms with van der Waals surface area (Å²) < 4.78 is 63.1. The molecular formula is C26H22ClF3N4O5S. The van der Waals surface area contributed by atoms with Gasteiger partial charge in [-0.15, -0.1) is 0 Å². The van der Waals surface area contributed by atoms with Crippen LogP contribution in [0.15, 0.2) is 60.8 Å². The first kappa shape index (κ1) is 28.0. The van der Waals surface area contributed by atoms with Crippen LogP contribution in [0.2, 0.25) is 5.02 Å². The lowest BCUT2D eigenvalue weighted by Gasteiger charge is -2.31. The zero-order chi connectivity index (χ0) is 28.9. The van der Waals surface area contributed by atoms with Gasteiger partial charge in [-0.25, -0.2) is 18.2 Å². The number of aromatic amines is 1. The second kappa shape index (κ2) is 10.1. The maximum atomic E-state index is 13.0. The van der Waals surface area contributed by atoms with Gasteiger partial charge in [0.2, 0.25) is 0 Å². The minimum absolute atomic E-state index is 0.127. The molecule has 0 saturated carbocycles. The first-order valence-electron chi connectivity index (χ1n) is 12.1. The van der Waals surface area contributed by atoms with Crippen LogP contribution in [0.1, 0.15) is 51.6 Å². The van der Waals surface area contributed by atoms with Crippen molar-refractivity contribution < 1.29 is 36.6 Å². The third-order valence-electron chi connectivity index (χ3n) is 7.15. The fourth-order valence-corrected chi connectivity index (χ4v) is 6.12. The van der Waals surface area contributed by atoms with E-state index < -0.39 is 27.1 Å². The number of piperidine rings is 1. The molecule has 5 rings (SSSR count). The summed E-state index contributed by atoms with van der Waals surface area (Å²) in [5.41, 5.74) is -5.09. The van der Waals surface area contributed by atoms with Crippen molar-refractivity contribution in [1.29, 1.82) is 0 Å². The van der Waals surface area contributed by atoms with E-state index in [1.807, 2.05) is 0 Å². The van der Waals surface area contributed by atoms with Crippen molar-refractivity contribution in [2.45, 2.75) is 29.9 Å². The molecule has 2 aromatic carbocycles. The van der Waals surface area contributed by atoms with Gasteiger partial charge in [0.05, 0.1) is 11.2 Å². The van der Waals surface area contributed by atoms with Gasteiger partial charge in [0.15, 0.2) is 0 Å². The van der Waals surface area contributed by atoms with Crippen LogP contribution in [0.25, 0.3) is 10.9 Å². The smallest absolute Gasteiger partial charge is 0.477 e. The number of aromatic nitrogens is 3. The van der Waals surface area contributed by atoms with E-state index in [1.165, 1.54) is 18.3 Å². The number of benzene rings is 2. The second-order valence-electron chi connectivity index (χ2n) is 9.45. The van der Waals surface area contributed by atoms with Crippen molar-refractivity contribution in [2.75, 3.05) is 13.1 Å². The normalized spacial score (nSPS) is 17.1. The molecule has 1 aliphatic heterocycles. The highest BCUT2D eigenvalue weighted by molar-refractivity contribution is 7.90. The highest BCUT2D eigenvalue weighted by atomic mass is 35.5. The summed E-state index contributed by atoms with van der Waals surface area (Å²) >= 11 is 6.07. The molecule has 0 aliphatic carbocycles. The molecule has 1 fully saturated rings. The average Bonchev–Trinajstić information content (AvgIpc) is 3.36. The third kappa shape index (κ3) is 4.83. The van der Waals surface area contributed by atoms with Gasteiger partial charge >= 0.3 is 21.5 Å². The molecule has 0 radical (unpaired) electrons. The number of fused-ring (bicyclic) bond motifs is 1. The molecule has 0 bridgehead atoms. The molecule has 0 spiro atoms. The van der Waals surface area contributed by atoms with Crippen LogP contribution in [0.4, 0.5) is 13.2 Å². The molecule has 1 aliphatic rings. The van der Waals surface area contributed by atoms with Crippen LogP contribution < -0.4 is 0 Å². The Kier molecular flexibility index (Phi) is 7.11. The van der Waals surface area contributed by atoms with Crippen molar-refractivity contribution in [3.05, 3.63) is 93.9 Å². The van der Waals surface area contributed by atoms with Gasteiger partial charge in [0.1, 0.15) is 11.3 Å². The first-order chi connectivity index (χ1) is 18.8. The fourth-order valence-electron chi connectivity index (χ4n) is 5.01. The van der Waals surface area contributed by atoms with Gasteiger partial charge in [0, 0.05) is 41.2 Å². The molecule has 4 aromatic rings. The van der Waals surface area contributed by atoms with Crippen molar-refractivity contribution in [1.82, 2.24) is 19.5 Å². The summed E-state index contributed by atoms with van der Waals surface area (Å²) in [6.45, 7) is -0.617. The largest absolute Gasteiger partial charge is 0.511 e. The number of hydrogen-bond donors (Lipinski definition) is 3. The van der Waals surface area contributed by atoms with E-state index in [9.17, 15) is 36.6 Å². The monoisotopic (exact) mass is 594 g/mol. The number of pyridine rings is 1. The van der Waals surface area contributed by atoms with Crippen LogP contribution in [0.5, 0.6) is 0 Å².